The molecular weight excluding hydrogens is 446 g/mol. The van der Waals surface area contributed by atoms with Crippen molar-refractivity contribution in [3.8, 4) is 0 Å². The lowest BCUT2D eigenvalue weighted by Gasteiger charge is -2.35. The van der Waals surface area contributed by atoms with E-state index in [1.54, 1.807) is 42.9 Å². The number of hydrogen-bond donors (Lipinski definition) is 1. The smallest absolute Gasteiger partial charge is 0.261 e. The maximum absolute atomic E-state index is 12.4. The summed E-state index contributed by atoms with van der Waals surface area (Å²) in [4.78, 5) is 55.9. The number of amides is 3. The zero-order valence-corrected chi connectivity index (χ0v) is 19.1. The number of pyridine rings is 1. The van der Waals surface area contributed by atoms with E-state index in [-0.39, 0.29) is 30.7 Å². The van der Waals surface area contributed by atoms with Gasteiger partial charge in [0.15, 0.2) is 0 Å². The van der Waals surface area contributed by atoms with Crippen LogP contribution in [-0.4, -0.2) is 70.3 Å². The Balaban J connectivity index is 1.07. The van der Waals surface area contributed by atoms with Crippen LogP contribution in [0.15, 0.2) is 61.1 Å². The maximum atomic E-state index is 12.4. The minimum Gasteiger partial charge on any atom is -0.353 e. The normalized spacial score (nSPS) is 15.4. The molecule has 10 heteroatoms. The molecule has 0 saturated carbocycles. The third-order valence-corrected chi connectivity index (χ3v) is 6.12. The van der Waals surface area contributed by atoms with E-state index in [1.165, 1.54) is 4.90 Å². The summed E-state index contributed by atoms with van der Waals surface area (Å²) in [5.74, 6) is 0.747. The van der Waals surface area contributed by atoms with E-state index in [9.17, 15) is 14.4 Å². The lowest BCUT2D eigenvalue weighted by atomic mass is 10.1. The molecule has 2 aromatic heterocycles. The summed E-state index contributed by atoms with van der Waals surface area (Å²) in [5.41, 5.74) is 1.33. The predicted octanol–water partition coefficient (Wildman–Crippen LogP) is 2.21. The van der Waals surface area contributed by atoms with Gasteiger partial charge in [0.1, 0.15) is 5.82 Å². The molecule has 0 atom stereocenters. The van der Waals surface area contributed by atoms with E-state index < -0.39 is 0 Å². The Bertz CT molecular complexity index is 1190. The van der Waals surface area contributed by atoms with Gasteiger partial charge in [0.25, 0.3) is 11.8 Å². The molecule has 1 saturated heterocycles. The first-order valence-electron chi connectivity index (χ1n) is 11.6. The number of rotatable bonds is 7. The summed E-state index contributed by atoms with van der Waals surface area (Å²) in [7, 11) is 0. The van der Waals surface area contributed by atoms with Crippen LogP contribution in [0.2, 0.25) is 0 Å². The number of hydrogen-bond acceptors (Lipinski definition) is 8. The van der Waals surface area contributed by atoms with Gasteiger partial charge < -0.3 is 15.1 Å². The second kappa shape index (κ2) is 9.88. The van der Waals surface area contributed by atoms with Gasteiger partial charge in [-0.2, -0.15) is 0 Å². The summed E-state index contributed by atoms with van der Waals surface area (Å²) in [6.07, 6.45) is 5.52. The molecule has 3 aromatic rings. The number of carbonyl (C=O) groups excluding carboxylic acids is 3. The summed E-state index contributed by atoms with van der Waals surface area (Å²) >= 11 is 0. The van der Waals surface area contributed by atoms with E-state index >= 15 is 0 Å². The quantitative estimate of drug-likeness (QED) is 0.522. The molecule has 10 nitrogen and oxygen atoms in total. The van der Waals surface area contributed by atoms with Crippen LogP contribution in [0.1, 0.15) is 33.6 Å². The van der Waals surface area contributed by atoms with E-state index in [0.29, 0.717) is 29.2 Å². The van der Waals surface area contributed by atoms with Crippen LogP contribution >= 0.6 is 0 Å². The molecule has 2 aliphatic heterocycles. The fraction of sp³-hybridized carbons (Fsp3) is 0.280. The van der Waals surface area contributed by atoms with E-state index in [1.807, 2.05) is 18.2 Å². The first-order valence-corrected chi connectivity index (χ1v) is 11.6. The topological polar surface area (TPSA) is 112 Å². The summed E-state index contributed by atoms with van der Waals surface area (Å²) in [6, 6.07) is 12.6. The van der Waals surface area contributed by atoms with Crippen LogP contribution in [0, 0.1) is 0 Å². The molecule has 1 N–H and O–H groups in total. The van der Waals surface area contributed by atoms with Crippen molar-refractivity contribution in [1.29, 1.82) is 0 Å². The van der Waals surface area contributed by atoms with Crippen molar-refractivity contribution in [2.45, 2.75) is 12.8 Å². The Kier molecular flexibility index (Phi) is 6.34. The molecular formula is C25H25N7O3. The first kappa shape index (κ1) is 22.5. The fourth-order valence-corrected chi connectivity index (χ4v) is 4.29. The lowest BCUT2D eigenvalue weighted by Crippen LogP contribution is -2.47. The number of aromatic nitrogens is 3. The van der Waals surface area contributed by atoms with Gasteiger partial charge in [-0.3, -0.25) is 19.3 Å². The highest BCUT2D eigenvalue weighted by atomic mass is 16.2. The van der Waals surface area contributed by atoms with E-state index in [0.717, 1.165) is 32.0 Å². The zero-order chi connectivity index (χ0) is 24.2. The monoisotopic (exact) mass is 471 g/mol. The SMILES string of the molecule is O=C(CCCN1C(=O)c2ccccc2C1=O)Nc1cnc(N2CCN(c3ccccn3)CC2)nc1. The number of fused-ring (bicyclic) bond motifs is 1. The van der Waals surface area contributed by atoms with Gasteiger partial charge in [-0.25, -0.2) is 15.0 Å². The van der Waals surface area contributed by atoms with Crippen LogP contribution < -0.4 is 15.1 Å². The predicted molar refractivity (Wildman–Crippen MR) is 130 cm³/mol. The maximum Gasteiger partial charge on any atom is 0.261 e. The molecule has 3 amide bonds. The van der Waals surface area contributed by atoms with Crippen molar-refractivity contribution in [3.63, 3.8) is 0 Å². The molecule has 2 aliphatic rings. The van der Waals surface area contributed by atoms with E-state index in [4.69, 9.17) is 0 Å². The molecule has 1 aromatic carbocycles. The van der Waals surface area contributed by atoms with Gasteiger partial charge in [0, 0.05) is 45.3 Å². The van der Waals surface area contributed by atoms with Gasteiger partial charge in [0.05, 0.1) is 29.2 Å². The van der Waals surface area contributed by atoms with Gasteiger partial charge in [-0.15, -0.1) is 0 Å². The number of benzene rings is 1. The molecule has 35 heavy (non-hydrogen) atoms. The highest BCUT2D eigenvalue weighted by molar-refractivity contribution is 6.21. The number of imide groups is 1. The Morgan fingerprint density at radius 3 is 2.09 bits per heavy atom. The van der Waals surface area contributed by atoms with Crippen molar-refractivity contribution in [1.82, 2.24) is 19.9 Å². The van der Waals surface area contributed by atoms with Gasteiger partial charge in [-0.05, 0) is 30.7 Å². The van der Waals surface area contributed by atoms with Crippen LogP contribution in [0.25, 0.3) is 0 Å². The standard InChI is InChI=1S/C25H25N7O3/c33-22(9-5-11-32-23(34)19-6-1-2-7-20(19)24(32)35)29-18-16-27-25(28-17-18)31-14-12-30(13-15-31)21-8-3-4-10-26-21/h1-4,6-8,10,16-17H,5,9,11-15H2,(H,29,33). The van der Waals surface area contributed by atoms with Gasteiger partial charge in [0.2, 0.25) is 11.9 Å². The Labute approximate surface area is 202 Å². The third kappa shape index (κ3) is 4.81. The zero-order valence-electron chi connectivity index (χ0n) is 19.1. The first-order chi connectivity index (χ1) is 17.1. The minimum atomic E-state index is -0.309. The molecule has 0 aliphatic carbocycles. The second-order valence-corrected chi connectivity index (χ2v) is 8.39. The lowest BCUT2D eigenvalue weighted by molar-refractivity contribution is -0.116. The molecule has 0 spiro atoms. The highest BCUT2D eigenvalue weighted by Crippen LogP contribution is 2.23. The molecule has 0 bridgehead atoms. The largest absolute Gasteiger partial charge is 0.353 e. The second-order valence-electron chi connectivity index (χ2n) is 8.39. The van der Waals surface area contributed by atoms with Crippen LogP contribution in [-0.2, 0) is 4.79 Å². The van der Waals surface area contributed by atoms with E-state index in [2.05, 4.69) is 30.1 Å². The molecule has 0 unspecified atom stereocenters. The molecule has 178 valence electrons. The number of piperazine rings is 1. The summed E-state index contributed by atoms with van der Waals surface area (Å²) in [6.45, 7) is 3.40. The van der Waals surface area contributed by atoms with Crippen molar-refractivity contribution < 1.29 is 14.4 Å². The van der Waals surface area contributed by atoms with Crippen molar-refractivity contribution in [3.05, 3.63) is 72.2 Å². The molecule has 5 rings (SSSR count). The average molecular weight is 472 g/mol. The van der Waals surface area contributed by atoms with Crippen molar-refractivity contribution in [2.24, 2.45) is 0 Å². The van der Waals surface area contributed by atoms with Gasteiger partial charge >= 0.3 is 0 Å². The number of nitrogens with one attached hydrogen (secondary N) is 1. The average Bonchev–Trinajstić information content (AvgIpc) is 3.15. The number of carbonyl (C=O) groups is 3. The number of anilines is 3. The highest BCUT2D eigenvalue weighted by Gasteiger charge is 2.34. The summed E-state index contributed by atoms with van der Waals surface area (Å²) < 4.78 is 0. The Hall–Kier alpha value is -4.34. The van der Waals surface area contributed by atoms with Crippen LogP contribution in [0.3, 0.4) is 0 Å². The minimum absolute atomic E-state index is 0.171. The van der Waals surface area contributed by atoms with Gasteiger partial charge in [-0.1, -0.05) is 18.2 Å². The third-order valence-electron chi connectivity index (χ3n) is 6.12. The molecule has 1 fully saturated rings. The fourth-order valence-electron chi connectivity index (χ4n) is 4.29. The molecule has 0 radical (unpaired) electrons. The van der Waals surface area contributed by atoms with Crippen LogP contribution in [0.4, 0.5) is 17.5 Å². The number of nitrogens with zero attached hydrogens (tertiary/aromatic N) is 6. The van der Waals surface area contributed by atoms with Crippen LogP contribution in [0.5, 0.6) is 0 Å². The molecule has 4 heterocycles. The summed E-state index contributed by atoms with van der Waals surface area (Å²) in [5, 5.41) is 2.78. The Morgan fingerprint density at radius 1 is 0.829 bits per heavy atom. The van der Waals surface area contributed by atoms with Crippen molar-refractivity contribution in [2.75, 3.05) is 47.8 Å². The Morgan fingerprint density at radius 2 is 1.46 bits per heavy atom. The van der Waals surface area contributed by atoms with Crippen molar-refractivity contribution >= 4 is 35.2 Å².